The summed E-state index contributed by atoms with van der Waals surface area (Å²) in [6, 6.07) is 14.6. The van der Waals surface area contributed by atoms with E-state index < -0.39 is 5.97 Å². The summed E-state index contributed by atoms with van der Waals surface area (Å²) in [6.07, 6.45) is 0. The van der Waals surface area contributed by atoms with Gasteiger partial charge >= 0.3 is 5.97 Å². The first-order chi connectivity index (χ1) is 13.9. The van der Waals surface area contributed by atoms with Crippen LogP contribution in [0.15, 0.2) is 48.5 Å². The van der Waals surface area contributed by atoms with Crippen molar-refractivity contribution in [3.05, 3.63) is 75.7 Å². The molecule has 1 aromatic heterocycles. The second kappa shape index (κ2) is 8.92. The molecule has 0 bridgehead atoms. The number of esters is 1. The van der Waals surface area contributed by atoms with Gasteiger partial charge in [-0.1, -0.05) is 12.1 Å². The number of benzene rings is 2. The van der Waals surface area contributed by atoms with E-state index in [1.165, 1.54) is 11.3 Å². The predicted molar refractivity (Wildman–Crippen MR) is 115 cm³/mol. The third-order valence-corrected chi connectivity index (χ3v) is 5.56. The first-order valence-corrected chi connectivity index (χ1v) is 10.1. The number of rotatable bonds is 6. The van der Waals surface area contributed by atoms with Crippen LogP contribution in [0.25, 0.3) is 0 Å². The zero-order valence-corrected chi connectivity index (χ0v) is 17.7. The molecule has 0 unspecified atom stereocenters. The van der Waals surface area contributed by atoms with Crippen molar-refractivity contribution in [2.24, 2.45) is 0 Å². The number of amides is 1. The van der Waals surface area contributed by atoms with E-state index in [-0.39, 0.29) is 12.5 Å². The summed E-state index contributed by atoms with van der Waals surface area (Å²) in [5, 5.41) is 3.35. The van der Waals surface area contributed by atoms with Gasteiger partial charge in [-0.05, 0) is 75.2 Å². The molecule has 0 saturated heterocycles. The molecule has 0 fully saturated rings. The minimum Gasteiger partial charge on any atom is -0.462 e. The van der Waals surface area contributed by atoms with Gasteiger partial charge in [0.2, 0.25) is 0 Å². The van der Waals surface area contributed by atoms with Crippen LogP contribution in [-0.4, -0.2) is 18.5 Å². The number of hydrogen-bond acceptors (Lipinski definition) is 5. The van der Waals surface area contributed by atoms with Crippen LogP contribution in [0.3, 0.4) is 0 Å². The van der Waals surface area contributed by atoms with Gasteiger partial charge in [-0.2, -0.15) is 0 Å². The predicted octanol–water partition coefficient (Wildman–Crippen LogP) is 5.89. The number of anilines is 1. The van der Waals surface area contributed by atoms with Crippen LogP contribution < -0.4 is 10.1 Å². The fourth-order valence-electron chi connectivity index (χ4n) is 2.83. The van der Waals surface area contributed by atoms with E-state index in [2.05, 4.69) is 5.32 Å². The number of carbonyl (C=O) groups excluding carboxylic acids is 2. The van der Waals surface area contributed by atoms with Crippen LogP contribution >= 0.6 is 11.3 Å². The minimum absolute atomic E-state index is 0.281. The SMILES string of the molecule is CCOC(=O)c1c(NC(=O)c2ccc(Oc3cccc(C)c3)cc2)sc(C)c1C. The van der Waals surface area contributed by atoms with Crippen molar-refractivity contribution in [2.45, 2.75) is 27.7 Å². The molecule has 0 aliphatic carbocycles. The van der Waals surface area contributed by atoms with Crippen LogP contribution in [0.2, 0.25) is 0 Å². The summed E-state index contributed by atoms with van der Waals surface area (Å²) in [7, 11) is 0. The molecular formula is C23H23NO4S. The lowest BCUT2D eigenvalue weighted by Gasteiger charge is -2.09. The van der Waals surface area contributed by atoms with Gasteiger partial charge in [-0.15, -0.1) is 11.3 Å². The fraction of sp³-hybridized carbons (Fsp3) is 0.217. The van der Waals surface area contributed by atoms with E-state index in [4.69, 9.17) is 9.47 Å². The van der Waals surface area contributed by atoms with Crippen LogP contribution in [0.5, 0.6) is 11.5 Å². The first-order valence-electron chi connectivity index (χ1n) is 9.32. The van der Waals surface area contributed by atoms with Gasteiger partial charge < -0.3 is 14.8 Å². The number of nitrogens with one attached hydrogen (secondary N) is 1. The zero-order chi connectivity index (χ0) is 21.0. The summed E-state index contributed by atoms with van der Waals surface area (Å²) >= 11 is 1.37. The van der Waals surface area contributed by atoms with E-state index in [0.717, 1.165) is 21.8 Å². The van der Waals surface area contributed by atoms with Gasteiger partial charge in [0.15, 0.2) is 0 Å². The maximum atomic E-state index is 12.7. The topological polar surface area (TPSA) is 64.6 Å². The van der Waals surface area contributed by atoms with Crippen LogP contribution in [-0.2, 0) is 4.74 Å². The highest BCUT2D eigenvalue weighted by Crippen LogP contribution is 2.33. The van der Waals surface area contributed by atoms with Gasteiger partial charge in [0, 0.05) is 10.4 Å². The number of hydrogen-bond donors (Lipinski definition) is 1. The smallest absolute Gasteiger partial charge is 0.341 e. The molecule has 0 radical (unpaired) electrons. The average molecular weight is 410 g/mol. The van der Waals surface area contributed by atoms with Crippen LogP contribution in [0.4, 0.5) is 5.00 Å². The van der Waals surface area contributed by atoms with Crippen molar-refractivity contribution in [1.82, 2.24) is 0 Å². The number of ether oxygens (including phenoxy) is 2. The molecular weight excluding hydrogens is 386 g/mol. The molecule has 0 aliphatic rings. The molecule has 3 aromatic rings. The second-order valence-corrected chi connectivity index (χ2v) is 7.83. The highest BCUT2D eigenvalue weighted by molar-refractivity contribution is 7.16. The van der Waals surface area contributed by atoms with Gasteiger partial charge in [-0.25, -0.2) is 4.79 Å². The van der Waals surface area contributed by atoms with Crippen LogP contribution in [0.1, 0.15) is 43.6 Å². The van der Waals surface area contributed by atoms with Crippen molar-refractivity contribution in [2.75, 3.05) is 11.9 Å². The van der Waals surface area contributed by atoms with Crippen molar-refractivity contribution >= 4 is 28.2 Å². The highest BCUT2D eigenvalue weighted by Gasteiger charge is 2.22. The Morgan fingerprint density at radius 1 is 1.00 bits per heavy atom. The molecule has 29 heavy (non-hydrogen) atoms. The Balaban J connectivity index is 1.75. The maximum Gasteiger partial charge on any atom is 0.341 e. The molecule has 6 heteroatoms. The van der Waals surface area contributed by atoms with Crippen molar-refractivity contribution in [1.29, 1.82) is 0 Å². The molecule has 5 nitrogen and oxygen atoms in total. The van der Waals surface area contributed by atoms with E-state index in [1.54, 1.807) is 31.2 Å². The molecule has 0 saturated carbocycles. The molecule has 1 amide bonds. The Hall–Kier alpha value is -3.12. The fourth-order valence-corrected chi connectivity index (χ4v) is 3.87. The van der Waals surface area contributed by atoms with Gasteiger partial charge in [0.05, 0.1) is 12.2 Å². The van der Waals surface area contributed by atoms with E-state index in [9.17, 15) is 9.59 Å². The molecule has 150 valence electrons. The first kappa shape index (κ1) is 20.6. The largest absolute Gasteiger partial charge is 0.462 e. The van der Waals surface area contributed by atoms with Gasteiger partial charge in [-0.3, -0.25) is 4.79 Å². The average Bonchev–Trinajstić information content (AvgIpc) is 2.96. The number of carbonyl (C=O) groups is 2. The molecule has 1 N–H and O–H groups in total. The summed E-state index contributed by atoms with van der Waals surface area (Å²) in [5.41, 5.74) is 2.82. The Morgan fingerprint density at radius 3 is 2.38 bits per heavy atom. The third kappa shape index (κ3) is 4.84. The zero-order valence-electron chi connectivity index (χ0n) is 16.9. The Morgan fingerprint density at radius 2 is 1.72 bits per heavy atom. The van der Waals surface area contributed by atoms with Gasteiger partial charge in [0.1, 0.15) is 16.5 Å². The van der Waals surface area contributed by atoms with Crippen molar-refractivity contribution in [3.8, 4) is 11.5 Å². The summed E-state index contributed by atoms with van der Waals surface area (Å²) in [5.74, 6) is 0.665. The minimum atomic E-state index is -0.424. The van der Waals surface area contributed by atoms with Gasteiger partial charge in [0.25, 0.3) is 5.91 Å². The molecule has 2 aromatic carbocycles. The summed E-state index contributed by atoms with van der Waals surface area (Å²) in [6.45, 7) is 7.80. The molecule has 0 spiro atoms. The number of aryl methyl sites for hydroxylation is 2. The quantitative estimate of drug-likeness (QED) is 0.515. The normalized spacial score (nSPS) is 10.5. The molecule has 3 rings (SSSR count). The summed E-state index contributed by atoms with van der Waals surface area (Å²) in [4.78, 5) is 25.9. The number of thiophene rings is 1. The van der Waals surface area contributed by atoms with E-state index in [0.29, 0.717) is 21.9 Å². The van der Waals surface area contributed by atoms with E-state index in [1.807, 2.05) is 45.0 Å². The van der Waals surface area contributed by atoms with Crippen LogP contribution in [0, 0.1) is 20.8 Å². The lowest BCUT2D eigenvalue weighted by atomic mass is 10.1. The monoisotopic (exact) mass is 409 g/mol. The Labute approximate surface area is 174 Å². The third-order valence-electron chi connectivity index (χ3n) is 4.43. The standard InChI is InChI=1S/C23H23NO4S/c1-5-27-23(26)20-15(3)16(4)29-22(20)24-21(25)17-9-11-18(12-10-17)28-19-8-6-7-14(2)13-19/h6-13H,5H2,1-4H3,(H,24,25). The maximum absolute atomic E-state index is 12.7. The van der Waals surface area contributed by atoms with E-state index >= 15 is 0 Å². The van der Waals surface area contributed by atoms with Crippen molar-refractivity contribution < 1.29 is 19.1 Å². The summed E-state index contributed by atoms with van der Waals surface area (Å²) < 4.78 is 10.9. The Kier molecular flexibility index (Phi) is 6.34. The highest BCUT2D eigenvalue weighted by atomic mass is 32.1. The van der Waals surface area contributed by atoms with Crippen molar-refractivity contribution in [3.63, 3.8) is 0 Å². The lowest BCUT2D eigenvalue weighted by molar-refractivity contribution is 0.0527. The Bertz CT molecular complexity index is 1040. The molecule has 0 aliphatic heterocycles. The lowest BCUT2D eigenvalue weighted by Crippen LogP contribution is -2.14. The second-order valence-electron chi connectivity index (χ2n) is 6.60. The molecule has 0 atom stereocenters. The molecule has 1 heterocycles.